The van der Waals surface area contributed by atoms with Crippen molar-refractivity contribution >= 4 is 31.7 Å². The highest BCUT2D eigenvalue weighted by molar-refractivity contribution is 9.09. The van der Waals surface area contributed by atoms with Crippen LogP contribution >= 0.6 is 15.9 Å². The molecule has 1 heterocycles. The first-order valence-corrected chi connectivity index (χ1v) is 8.06. The summed E-state index contributed by atoms with van der Waals surface area (Å²) in [6.07, 6.45) is 2.04. The average molecular weight is 298 g/mol. The minimum absolute atomic E-state index is 0.138. The zero-order valence-electron chi connectivity index (χ0n) is 8.94. The predicted octanol–water partition coefficient (Wildman–Crippen LogP) is 0.663. The second-order valence-electron chi connectivity index (χ2n) is 4.14. The summed E-state index contributed by atoms with van der Waals surface area (Å²) in [6.45, 7) is 2.76. The first-order valence-electron chi connectivity index (χ1n) is 4.88. The van der Waals surface area contributed by atoms with Crippen molar-refractivity contribution in [1.29, 1.82) is 0 Å². The monoisotopic (exact) mass is 297 g/mol. The molecule has 0 aliphatic carbocycles. The fourth-order valence-corrected chi connectivity index (χ4v) is 3.46. The number of likely N-dealkylation sites (tertiary alicyclic amines) is 1. The van der Waals surface area contributed by atoms with E-state index in [-0.39, 0.29) is 17.7 Å². The Balaban J connectivity index is 2.68. The molecule has 1 amide bonds. The van der Waals surface area contributed by atoms with Crippen LogP contribution in [-0.2, 0) is 14.6 Å². The van der Waals surface area contributed by atoms with Gasteiger partial charge in [-0.05, 0) is 12.3 Å². The number of alkyl halides is 1. The van der Waals surface area contributed by atoms with Gasteiger partial charge in [0.2, 0.25) is 5.91 Å². The van der Waals surface area contributed by atoms with E-state index in [1.807, 2.05) is 0 Å². The topological polar surface area (TPSA) is 54.5 Å². The second kappa shape index (κ2) is 4.82. The SMILES string of the molecule is CC1CCN(C(=O)CS(C)(=O)=O)C1CBr. The normalized spacial score (nSPS) is 27.0. The Hall–Kier alpha value is -0.100. The number of amides is 1. The van der Waals surface area contributed by atoms with E-state index in [0.717, 1.165) is 12.7 Å². The molecule has 1 fully saturated rings. The Morgan fingerprint density at radius 3 is 2.60 bits per heavy atom. The van der Waals surface area contributed by atoms with Crippen LogP contribution in [0.25, 0.3) is 0 Å². The van der Waals surface area contributed by atoms with Gasteiger partial charge in [0.05, 0.1) is 0 Å². The zero-order valence-corrected chi connectivity index (χ0v) is 11.3. The van der Waals surface area contributed by atoms with Gasteiger partial charge < -0.3 is 4.90 Å². The van der Waals surface area contributed by atoms with Gasteiger partial charge in [-0.1, -0.05) is 22.9 Å². The van der Waals surface area contributed by atoms with E-state index in [1.165, 1.54) is 0 Å². The molecule has 4 nitrogen and oxygen atoms in total. The third-order valence-electron chi connectivity index (χ3n) is 2.75. The van der Waals surface area contributed by atoms with Gasteiger partial charge in [0.1, 0.15) is 5.75 Å². The Morgan fingerprint density at radius 2 is 2.13 bits per heavy atom. The molecule has 0 N–H and O–H groups in total. The first kappa shape index (κ1) is 13.0. The van der Waals surface area contributed by atoms with Gasteiger partial charge in [0.15, 0.2) is 9.84 Å². The molecule has 0 aromatic carbocycles. The van der Waals surface area contributed by atoms with E-state index in [2.05, 4.69) is 22.9 Å². The standard InChI is InChI=1S/C9H16BrNO3S/c1-7-3-4-11(8(7)5-10)9(12)6-15(2,13)14/h7-8H,3-6H2,1-2H3. The molecule has 1 rings (SSSR count). The second-order valence-corrected chi connectivity index (χ2v) is 6.93. The summed E-state index contributed by atoms with van der Waals surface area (Å²) >= 11 is 3.36. The molecule has 88 valence electrons. The summed E-state index contributed by atoms with van der Waals surface area (Å²) in [7, 11) is -3.22. The number of nitrogens with zero attached hydrogens (tertiary/aromatic N) is 1. The maximum absolute atomic E-state index is 11.7. The van der Waals surface area contributed by atoms with Crippen molar-refractivity contribution in [3.63, 3.8) is 0 Å². The molecule has 2 atom stereocenters. The lowest BCUT2D eigenvalue weighted by molar-refractivity contribution is -0.129. The fourth-order valence-electron chi connectivity index (χ4n) is 1.86. The fraction of sp³-hybridized carbons (Fsp3) is 0.889. The van der Waals surface area contributed by atoms with Crippen LogP contribution in [0.3, 0.4) is 0 Å². The van der Waals surface area contributed by atoms with Crippen molar-refractivity contribution in [2.75, 3.05) is 23.9 Å². The maximum atomic E-state index is 11.7. The lowest BCUT2D eigenvalue weighted by atomic mass is 10.1. The smallest absolute Gasteiger partial charge is 0.238 e. The average Bonchev–Trinajstić information content (AvgIpc) is 2.43. The Kier molecular flexibility index (Phi) is 4.17. The molecule has 6 heteroatoms. The first-order chi connectivity index (χ1) is 6.85. The van der Waals surface area contributed by atoms with Crippen LogP contribution < -0.4 is 0 Å². The maximum Gasteiger partial charge on any atom is 0.238 e. The van der Waals surface area contributed by atoms with E-state index in [9.17, 15) is 13.2 Å². The van der Waals surface area contributed by atoms with Gasteiger partial charge in [0.25, 0.3) is 0 Å². The number of rotatable bonds is 3. The predicted molar refractivity (Wildman–Crippen MR) is 62.8 cm³/mol. The Labute approximate surface area is 99.1 Å². The quantitative estimate of drug-likeness (QED) is 0.719. The van der Waals surface area contributed by atoms with Gasteiger partial charge in [-0.15, -0.1) is 0 Å². The number of halogens is 1. The molecule has 1 saturated heterocycles. The lowest BCUT2D eigenvalue weighted by Crippen LogP contribution is -2.41. The molecule has 0 saturated carbocycles. The lowest BCUT2D eigenvalue weighted by Gasteiger charge is -2.24. The minimum atomic E-state index is -3.22. The van der Waals surface area contributed by atoms with Crippen molar-refractivity contribution in [2.45, 2.75) is 19.4 Å². The van der Waals surface area contributed by atoms with Gasteiger partial charge in [-0.2, -0.15) is 0 Å². The number of hydrogen-bond donors (Lipinski definition) is 0. The number of carbonyl (C=O) groups excluding carboxylic acids is 1. The number of sulfone groups is 1. The summed E-state index contributed by atoms with van der Waals surface area (Å²) in [4.78, 5) is 13.4. The van der Waals surface area contributed by atoms with Crippen LogP contribution in [-0.4, -0.2) is 49.2 Å². The molecular formula is C9H16BrNO3S. The van der Waals surface area contributed by atoms with Gasteiger partial charge in [-0.25, -0.2) is 8.42 Å². The van der Waals surface area contributed by atoms with Gasteiger partial charge in [0, 0.05) is 24.2 Å². The van der Waals surface area contributed by atoms with E-state index in [4.69, 9.17) is 0 Å². The van der Waals surface area contributed by atoms with Crippen LogP contribution in [0.5, 0.6) is 0 Å². The highest BCUT2D eigenvalue weighted by atomic mass is 79.9. The molecule has 2 unspecified atom stereocenters. The Morgan fingerprint density at radius 1 is 1.53 bits per heavy atom. The van der Waals surface area contributed by atoms with Crippen LogP contribution in [0.1, 0.15) is 13.3 Å². The molecule has 0 bridgehead atoms. The van der Waals surface area contributed by atoms with Crippen molar-refractivity contribution in [1.82, 2.24) is 4.90 Å². The van der Waals surface area contributed by atoms with Crippen molar-refractivity contribution in [3.05, 3.63) is 0 Å². The molecule has 0 aromatic rings. The molecule has 1 aliphatic heterocycles. The number of carbonyl (C=O) groups is 1. The molecule has 15 heavy (non-hydrogen) atoms. The third-order valence-corrected chi connectivity index (χ3v) is 4.18. The van der Waals surface area contributed by atoms with Gasteiger partial charge >= 0.3 is 0 Å². The summed E-state index contributed by atoms with van der Waals surface area (Å²) in [5.41, 5.74) is 0. The van der Waals surface area contributed by atoms with Crippen molar-refractivity contribution in [3.8, 4) is 0 Å². The van der Waals surface area contributed by atoms with Gasteiger partial charge in [-0.3, -0.25) is 4.79 Å². The summed E-state index contributed by atoms with van der Waals surface area (Å²) in [6, 6.07) is 0.138. The van der Waals surface area contributed by atoms with E-state index < -0.39 is 9.84 Å². The van der Waals surface area contributed by atoms with Crippen molar-refractivity contribution < 1.29 is 13.2 Å². The largest absolute Gasteiger partial charge is 0.338 e. The third kappa shape index (κ3) is 3.45. The van der Waals surface area contributed by atoms with Crippen molar-refractivity contribution in [2.24, 2.45) is 5.92 Å². The summed E-state index contributed by atoms with van der Waals surface area (Å²) in [5, 5.41) is 0.712. The summed E-state index contributed by atoms with van der Waals surface area (Å²) in [5.74, 6) is -0.206. The zero-order chi connectivity index (χ0) is 11.6. The summed E-state index contributed by atoms with van der Waals surface area (Å²) < 4.78 is 22.0. The van der Waals surface area contributed by atoms with E-state index >= 15 is 0 Å². The molecule has 0 aromatic heterocycles. The van der Waals surface area contributed by atoms with Crippen LogP contribution in [0.4, 0.5) is 0 Å². The number of hydrogen-bond acceptors (Lipinski definition) is 3. The Bertz CT molecular complexity index is 341. The van der Waals surface area contributed by atoms with Crippen LogP contribution in [0.15, 0.2) is 0 Å². The molecular weight excluding hydrogens is 282 g/mol. The van der Waals surface area contributed by atoms with Crippen LogP contribution in [0.2, 0.25) is 0 Å². The highest BCUT2D eigenvalue weighted by Gasteiger charge is 2.34. The molecule has 0 radical (unpaired) electrons. The molecule has 1 aliphatic rings. The van der Waals surface area contributed by atoms with E-state index in [1.54, 1.807) is 4.90 Å². The minimum Gasteiger partial charge on any atom is -0.338 e. The van der Waals surface area contributed by atoms with Crippen LogP contribution in [0, 0.1) is 5.92 Å². The highest BCUT2D eigenvalue weighted by Crippen LogP contribution is 2.25. The van der Waals surface area contributed by atoms with E-state index in [0.29, 0.717) is 17.8 Å². The molecule has 0 spiro atoms.